The van der Waals surface area contributed by atoms with Gasteiger partial charge in [0.15, 0.2) is 11.5 Å². The molecule has 0 unspecified atom stereocenters. The zero-order chi connectivity index (χ0) is 21.5. The van der Waals surface area contributed by atoms with E-state index in [9.17, 15) is 5.11 Å². The molecule has 1 aliphatic rings. The van der Waals surface area contributed by atoms with Crippen LogP contribution in [0.2, 0.25) is 0 Å². The fourth-order valence-corrected chi connectivity index (χ4v) is 3.91. The van der Waals surface area contributed by atoms with Gasteiger partial charge in [-0.15, -0.1) is 0 Å². The van der Waals surface area contributed by atoms with Gasteiger partial charge in [0.05, 0.1) is 7.11 Å². The van der Waals surface area contributed by atoms with Gasteiger partial charge in [-0.1, -0.05) is 18.6 Å². The first kappa shape index (κ1) is 21.5. The van der Waals surface area contributed by atoms with Crippen LogP contribution in [0.25, 0.3) is 11.0 Å². The van der Waals surface area contributed by atoms with Gasteiger partial charge in [0.25, 0.3) is 0 Å². The van der Waals surface area contributed by atoms with Crippen LogP contribution in [0, 0.1) is 0 Å². The SMILES string of the molecule is COc1ccc(CNCc2ccc3nonc3c2)cc1OC[C@@H](O)CN1CCCCC1. The molecule has 0 amide bonds. The Bertz CT molecular complexity index is 971. The fraction of sp³-hybridized carbons (Fsp3) is 0.478. The second kappa shape index (κ2) is 10.6. The molecule has 0 bridgehead atoms. The van der Waals surface area contributed by atoms with E-state index in [1.165, 1.54) is 19.3 Å². The minimum absolute atomic E-state index is 0.246. The average molecular weight is 427 g/mol. The summed E-state index contributed by atoms with van der Waals surface area (Å²) in [5, 5.41) is 21.5. The van der Waals surface area contributed by atoms with E-state index in [-0.39, 0.29) is 6.61 Å². The maximum atomic E-state index is 10.4. The molecule has 1 atom stereocenters. The number of rotatable bonds is 10. The summed E-state index contributed by atoms with van der Waals surface area (Å²) >= 11 is 0. The lowest BCUT2D eigenvalue weighted by atomic mass is 10.1. The van der Waals surface area contributed by atoms with E-state index in [4.69, 9.17) is 14.1 Å². The Labute approximate surface area is 182 Å². The minimum Gasteiger partial charge on any atom is -0.493 e. The minimum atomic E-state index is -0.523. The maximum absolute atomic E-state index is 10.4. The van der Waals surface area contributed by atoms with Gasteiger partial charge in [-0.05, 0) is 71.6 Å². The molecule has 1 fully saturated rings. The molecule has 4 rings (SSSR count). The van der Waals surface area contributed by atoms with Crippen LogP contribution in [-0.2, 0) is 13.1 Å². The first-order valence-electron chi connectivity index (χ1n) is 10.8. The Hall–Kier alpha value is -2.68. The highest BCUT2D eigenvalue weighted by molar-refractivity contribution is 5.73. The van der Waals surface area contributed by atoms with Crippen molar-refractivity contribution in [2.75, 3.05) is 33.4 Å². The van der Waals surface area contributed by atoms with Gasteiger partial charge < -0.3 is 24.8 Å². The first-order valence-corrected chi connectivity index (χ1v) is 10.8. The molecule has 31 heavy (non-hydrogen) atoms. The van der Waals surface area contributed by atoms with E-state index in [1.54, 1.807) is 7.11 Å². The summed E-state index contributed by atoms with van der Waals surface area (Å²) in [6, 6.07) is 11.7. The number of hydrogen-bond donors (Lipinski definition) is 2. The quantitative estimate of drug-likeness (QED) is 0.511. The van der Waals surface area contributed by atoms with Crippen LogP contribution < -0.4 is 14.8 Å². The summed E-state index contributed by atoms with van der Waals surface area (Å²) in [4.78, 5) is 2.31. The second-order valence-electron chi connectivity index (χ2n) is 8.00. The third-order valence-corrected chi connectivity index (χ3v) is 5.55. The van der Waals surface area contributed by atoms with Crippen LogP contribution in [0.3, 0.4) is 0 Å². The molecule has 2 heterocycles. The first-order chi connectivity index (χ1) is 15.2. The van der Waals surface area contributed by atoms with E-state index in [2.05, 4.69) is 20.5 Å². The second-order valence-corrected chi connectivity index (χ2v) is 8.00. The van der Waals surface area contributed by atoms with Crippen molar-refractivity contribution in [3.05, 3.63) is 47.5 Å². The number of likely N-dealkylation sites (tertiary alicyclic amines) is 1. The molecule has 0 spiro atoms. The van der Waals surface area contributed by atoms with Gasteiger partial charge in [0.2, 0.25) is 0 Å². The zero-order valence-corrected chi connectivity index (χ0v) is 17.9. The predicted octanol–water partition coefficient (Wildman–Crippen LogP) is 2.75. The number of aliphatic hydroxyl groups is 1. The van der Waals surface area contributed by atoms with Gasteiger partial charge in [-0.25, -0.2) is 4.63 Å². The molecular formula is C23H30N4O4. The van der Waals surface area contributed by atoms with Crippen LogP contribution in [-0.4, -0.2) is 59.8 Å². The van der Waals surface area contributed by atoms with Crippen LogP contribution in [0.15, 0.2) is 41.0 Å². The van der Waals surface area contributed by atoms with Crippen molar-refractivity contribution in [2.24, 2.45) is 0 Å². The smallest absolute Gasteiger partial charge is 0.161 e. The molecular weight excluding hydrogens is 396 g/mol. The number of aliphatic hydroxyl groups excluding tert-OH is 1. The largest absolute Gasteiger partial charge is 0.493 e. The van der Waals surface area contributed by atoms with Crippen molar-refractivity contribution < 1.29 is 19.2 Å². The van der Waals surface area contributed by atoms with E-state index in [0.29, 0.717) is 31.1 Å². The molecule has 2 aromatic carbocycles. The zero-order valence-electron chi connectivity index (χ0n) is 17.9. The molecule has 1 aliphatic heterocycles. The third kappa shape index (κ3) is 5.94. The lowest BCUT2D eigenvalue weighted by Gasteiger charge is -2.28. The van der Waals surface area contributed by atoms with Crippen molar-refractivity contribution in [1.82, 2.24) is 20.5 Å². The van der Waals surface area contributed by atoms with E-state index in [1.807, 2.05) is 36.4 Å². The average Bonchev–Trinajstić information content (AvgIpc) is 3.26. The fourth-order valence-electron chi connectivity index (χ4n) is 3.91. The van der Waals surface area contributed by atoms with Gasteiger partial charge in [0.1, 0.15) is 23.7 Å². The summed E-state index contributed by atoms with van der Waals surface area (Å²) in [6.07, 6.45) is 3.18. The molecule has 166 valence electrons. The highest BCUT2D eigenvalue weighted by Crippen LogP contribution is 2.28. The van der Waals surface area contributed by atoms with E-state index >= 15 is 0 Å². The molecule has 8 nitrogen and oxygen atoms in total. The topological polar surface area (TPSA) is 92.9 Å². The van der Waals surface area contributed by atoms with Crippen molar-refractivity contribution in [2.45, 2.75) is 38.5 Å². The molecule has 0 aliphatic carbocycles. The van der Waals surface area contributed by atoms with Gasteiger partial charge in [0, 0.05) is 19.6 Å². The third-order valence-electron chi connectivity index (χ3n) is 5.55. The standard InChI is InChI=1S/C23H30N4O4/c1-29-22-8-6-18(14-24-13-17-5-7-20-21(11-17)26-31-25-20)12-23(22)30-16-19(28)15-27-9-3-2-4-10-27/h5-8,11-12,19,24,28H,2-4,9-10,13-16H2,1H3/t19-/m0/s1. The molecule has 2 N–H and O–H groups in total. The number of β-amino-alcohol motifs (C(OH)–C–C–N with tert-alkyl or cyclic N) is 1. The van der Waals surface area contributed by atoms with Crippen molar-refractivity contribution in [3.63, 3.8) is 0 Å². The number of benzene rings is 2. The number of hydrogen-bond acceptors (Lipinski definition) is 8. The number of methoxy groups -OCH3 is 1. The normalized spacial score (nSPS) is 15.8. The lowest BCUT2D eigenvalue weighted by Crippen LogP contribution is -2.38. The number of fused-ring (bicyclic) bond motifs is 1. The predicted molar refractivity (Wildman–Crippen MR) is 117 cm³/mol. The van der Waals surface area contributed by atoms with Crippen LogP contribution in [0.1, 0.15) is 30.4 Å². The Morgan fingerprint density at radius 3 is 2.55 bits per heavy atom. The van der Waals surface area contributed by atoms with Gasteiger partial charge in [-0.3, -0.25) is 0 Å². The van der Waals surface area contributed by atoms with E-state index in [0.717, 1.165) is 35.2 Å². The number of nitrogens with zero attached hydrogens (tertiary/aromatic N) is 3. The molecule has 3 aromatic rings. The Morgan fingerprint density at radius 2 is 1.74 bits per heavy atom. The number of aromatic nitrogens is 2. The van der Waals surface area contributed by atoms with Crippen LogP contribution >= 0.6 is 0 Å². The van der Waals surface area contributed by atoms with E-state index < -0.39 is 6.10 Å². The highest BCUT2D eigenvalue weighted by Gasteiger charge is 2.16. The molecule has 8 heteroatoms. The molecule has 0 radical (unpaired) electrons. The highest BCUT2D eigenvalue weighted by atomic mass is 16.6. The number of ether oxygens (including phenoxy) is 2. The summed E-state index contributed by atoms with van der Waals surface area (Å²) in [5.41, 5.74) is 3.69. The summed E-state index contributed by atoms with van der Waals surface area (Å²) in [5.74, 6) is 1.31. The monoisotopic (exact) mass is 426 g/mol. The Kier molecular flexibility index (Phi) is 7.35. The summed E-state index contributed by atoms with van der Waals surface area (Å²) < 4.78 is 16.1. The van der Waals surface area contributed by atoms with Gasteiger partial charge >= 0.3 is 0 Å². The Morgan fingerprint density at radius 1 is 1.00 bits per heavy atom. The summed E-state index contributed by atoms with van der Waals surface area (Å²) in [7, 11) is 1.62. The van der Waals surface area contributed by atoms with Gasteiger partial charge in [-0.2, -0.15) is 0 Å². The van der Waals surface area contributed by atoms with Crippen molar-refractivity contribution >= 4 is 11.0 Å². The van der Waals surface area contributed by atoms with Crippen molar-refractivity contribution in [1.29, 1.82) is 0 Å². The Balaban J connectivity index is 1.29. The number of piperidine rings is 1. The molecule has 0 saturated carbocycles. The van der Waals surface area contributed by atoms with Crippen LogP contribution in [0.4, 0.5) is 0 Å². The molecule has 1 saturated heterocycles. The maximum Gasteiger partial charge on any atom is 0.161 e. The lowest BCUT2D eigenvalue weighted by molar-refractivity contribution is 0.0608. The van der Waals surface area contributed by atoms with Crippen LogP contribution in [0.5, 0.6) is 11.5 Å². The molecule has 1 aromatic heterocycles. The summed E-state index contributed by atoms with van der Waals surface area (Å²) in [6.45, 7) is 4.37. The van der Waals surface area contributed by atoms with Crippen molar-refractivity contribution in [3.8, 4) is 11.5 Å². The number of nitrogens with one attached hydrogen (secondary N) is 1.